The summed E-state index contributed by atoms with van der Waals surface area (Å²) in [6.07, 6.45) is 2.95. The van der Waals surface area contributed by atoms with E-state index in [4.69, 9.17) is 0 Å². The molecule has 0 aliphatic heterocycles. The van der Waals surface area contributed by atoms with Gasteiger partial charge in [0.05, 0.1) is 17.4 Å². The fourth-order valence-electron chi connectivity index (χ4n) is 2.22. The van der Waals surface area contributed by atoms with Crippen LogP contribution in [0, 0.1) is 0 Å². The molecule has 0 spiro atoms. The number of nitrogens with one attached hydrogen (secondary N) is 1. The maximum Gasteiger partial charge on any atom is 0.0955 e. The number of rotatable bonds is 7. The van der Waals surface area contributed by atoms with Gasteiger partial charge in [-0.1, -0.05) is 13.0 Å². The van der Waals surface area contributed by atoms with E-state index in [2.05, 4.69) is 51.9 Å². The zero-order valence-electron chi connectivity index (χ0n) is 12.2. The summed E-state index contributed by atoms with van der Waals surface area (Å²) in [5, 5.41) is 3.35. The van der Waals surface area contributed by atoms with Gasteiger partial charge in [-0.2, -0.15) is 0 Å². The molecule has 0 radical (unpaired) electrons. The molecule has 0 saturated carbocycles. The molecule has 2 aromatic rings. The van der Waals surface area contributed by atoms with E-state index in [1.165, 1.54) is 11.1 Å². The topological polar surface area (TPSA) is 33.1 Å². The van der Waals surface area contributed by atoms with Crippen molar-refractivity contribution in [3.8, 4) is 0 Å². The van der Waals surface area contributed by atoms with Gasteiger partial charge in [0.2, 0.25) is 0 Å². The first-order valence-electron chi connectivity index (χ1n) is 7.00. The van der Waals surface area contributed by atoms with E-state index in [1.54, 1.807) is 0 Å². The number of fused-ring (bicyclic) bond motifs is 1. The average molecular weight is 260 g/mol. The Balaban J connectivity index is 1.87. The van der Waals surface area contributed by atoms with Crippen molar-refractivity contribution in [3.63, 3.8) is 0 Å². The molecule has 0 amide bonds. The van der Waals surface area contributed by atoms with Crippen LogP contribution in [0.4, 0.5) is 0 Å². The second-order valence-electron chi connectivity index (χ2n) is 5.09. The van der Waals surface area contributed by atoms with Crippen LogP contribution in [-0.4, -0.2) is 47.7 Å². The van der Waals surface area contributed by atoms with Crippen LogP contribution in [0.3, 0.4) is 0 Å². The van der Waals surface area contributed by atoms with Crippen LogP contribution >= 0.6 is 0 Å². The molecule has 0 saturated heterocycles. The van der Waals surface area contributed by atoms with Crippen molar-refractivity contribution in [2.75, 3.05) is 33.2 Å². The molecule has 0 unspecified atom stereocenters. The van der Waals surface area contributed by atoms with Gasteiger partial charge in [-0.15, -0.1) is 0 Å². The lowest BCUT2D eigenvalue weighted by Crippen LogP contribution is -2.30. The highest BCUT2D eigenvalue weighted by atomic mass is 15.1. The lowest BCUT2D eigenvalue weighted by atomic mass is 10.1. The van der Waals surface area contributed by atoms with Crippen molar-refractivity contribution in [2.24, 2.45) is 7.05 Å². The first-order valence-corrected chi connectivity index (χ1v) is 7.00. The highest BCUT2D eigenvalue weighted by molar-refractivity contribution is 5.75. The molecule has 0 atom stereocenters. The standard InChI is InChI=1S/C15H24N4/c1-4-16-8-10-18(2)9-7-13-5-6-15-14(11-13)17-12-19(15)3/h5-6,11-12,16H,4,7-10H2,1-3H3. The number of nitrogens with zero attached hydrogens (tertiary/aromatic N) is 3. The zero-order valence-corrected chi connectivity index (χ0v) is 12.2. The summed E-state index contributed by atoms with van der Waals surface area (Å²) in [6.45, 7) is 6.43. The number of hydrogen-bond acceptors (Lipinski definition) is 3. The van der Waals surface area contributed by atoms with Gasteiger partial charge < -0.3 is 14.8 Å². The first kappa shape index (κ1) is 14.0. The van der Waals surface area contributed by atoms with E-state index in [-0.39, 0.29) is 0 Å². The third-order valence-corrected chi connectivity index (χ3v) is 3.49. The Bertz CT molecular complexity index is 518. The van der Waals surface area contributed by atoms with Gasteiger partial charge >= 0.3 is 0 Å². The monoisotopic (exact) mass is 260 g/mol. The molecule has 0 bridgehead atoms. The number of aromatic nitrogens is 2. The summed E-state index contributed by atoms with van der Waals surface area (Å²) in [7, 11) is 4.21. The molecule has 104 valence electrons. The van der Waals surface area contributed by atoms with Crippen LogP contribution in [-0.2, 0) is 13.5 Å². The van der Waals surface area contributed by atoms with E-state index in [0.717, 1.165) is 38.1 Å². The summed E-state index contributed by atoms with van der Waals surface area (Å²) in [5.74, 6) is 0. The third kappa shape index (κ3) is 3.78. The fraction of sp³-hybridized carbons (Fsp3) is 0.533. The minimum Gasteiger partial charge on any atom is -0.334 e. The predicted molar refractivity (Wildman–Crippen MR) is 80.5 cm³/mol. The van der Waals surface area contributed by atoms with Crippen LogP contribution in [0.2, 0.25) is 0 Å². The Morgan fingerprint density at radius 1 is 1.32 bits per heavy atom. The maximum absolute atomic E-state index is 4.41. The van der Waals surface area contributed by atoms with E-state index in [1.807, 2.05) is 13.4 Å². The molecule has 1 aromatic heterocycles. The maximum atomic E-state index is 4.41. The molecule has 0 aliphatic rings. The van der Waals surface area contributed by atoms with Crippen molar-refractivity contribution in [3.05, 3.63) is 30.1 Å². The van der Waals surface area contributed by atoms with Gasteiger partial charge in [-0.25, -0.2) is 4.98 Å². The molecular weight excluding hydrogens is 236 g/mol. The second kappa shape index (κ2) is 6.68. The molecule has 19 heavy (non-hydrogen) atoms. The SMILES string of the molecule is CCNCCN(C)CCc1ccc2c(c1)ncn2C. The molecule has 2 rings (SSSR count). The van der Waals surface area contributed by atoms with Gasteiger partial charge in [0.1, 0.15) is 0 Å². The largest absolute Gasteiger partial charge is 0.334 e. The Morgan fingerprint density at radius 2 is 2.16 bits per heavy atom. The summed E-state index contributed by atoms with van der Waals surface area (Å²) in [5.41, 5.74) is 3.65. The highest BCUT2D eigenvalue weighted by Crippen LogP contribution is 2.14. The lowest BCUT2D eigenvalue weighted by Gasteiger charge is -2.16. The van der Waals surface area contributed by atoms with Crippen molar-refractivity contribution < 1.29 is 0 Å². The number of aryl methyl sites for hydroxylation is 1. The Kier molecular flexibility index (Phi) is 4.93. The summed E-state index contributed by atoms with van der Waals surface area (Å²) in [6, 6.07) is 6.58. The minimum atomic E-state index is 1.05. The summed E-state index contributed by atoms with van der Waals surface area (Å²) in [4.78, 5) is 6.77. The van der Waals surface area contributed by atoms with Gasteiger partial charge in [0.15, 0.2) is 0 Å². The fourth-order valence-corrected chi connectivity index (χ4v) is 2.22. The number of imidazole rings is 1. The van der Waals surface area contributed by atoms with Crippen LogP contribution in [0.25, 0.3) is 11.0 Å². The van der Waals surface area contributed by atoms with Crippen LogP contribution in [0.1, 0.15) is 12.5 Å². The normalized spacial score (nSPS) is 11.6. The molecule has 0 fully saturated rings. The quantitative estimate of drug-likeness (QED) is 0.769. The molecule has 1 heterocycles. The van der Waals surface area contributed by atoms with Gasteiger partial charge in [-0.05, 0) is 37.7 Å². The molecule has 4 heteroatoms. The van der Waals surface area contributed by atoms with Gasteiger partial charge in [0, 0.05) is 26.7 Å². The Morgan fingerprint density at radius 3 is 2.95 bits per heavy atom. The summed E-state index contributed by atoms with van der Waals surface area (Å²) >= 11 is 0. The predicted octanol–water partition coefficient (Wildman–Crippen LogP) is 1.66. The Labute approximate surface area is 115 Å². The summed E-state index contributed by atoms with van der Waals surface area (Å²) < 4.78 is 2.06. The highest BCUT2D eigenvalue weighted by Gasteiger charge is 2.03. The van der Waals surface area contributed by atoms with Gasteiger partial charge in [0.25, 0.3) is 0 Å². The zero-order chi connectivity index (χ0) is 13.7. The molecule has 4 nitrogen and oxygen atoms in total. The molecule has 1 N–H and O–H groups in total. The molecule has 0 aliphatic carbocycles. The van der Waals surface area contributed by atoms with Crippen LogP contribution in [0.15, 0.2) is 24.5 Å². The van der Waals surface area contributed by atoms with E-state index < -0.39 is 0 Å². The first-order chi connectivity index (χ1) is 9.20. The molecular formula is C15H24N4. The average Bonchev–Trinajstić information content (AvgIpc) is 2.78. The van der Waals surface area contributed by atoms with Crippen molar-refractivity contribution in [1.29, 1.82) is 0 Å². The van der Waals surface area contributed by atoms with Crippen LogP contribution < -0.4 is 5.32 Å². The van der Waals surface area contributed by atoms with E-state index in [0.29, 0.717) is 0 Å². The van der Waals surface area contributed by atoms with Gasteiger partial charge in [-0.3, -0.25) is 0 Å². The van der Waals surface area contributed by atoms with Crippen molar-refractivity contribution >= 4 is 11.0 Å². The van der Waals surface area contributed by atoms with Crippen molar-refractivity contribution in [1.82, 2.24) is 19.8 Å². The number of benzene rings is 1. The number of likely N-dealkylation sites (N-methyl/N-ethyl adjacent to an activating group) is 2. The third-order valence-electron chi connectivity index (χ3n) is 3.49. The number of hydrogen-bond donors (Lipinski definition) is 1. The molecule has 1 aromatic carbocycles. The van der Waals surface area contributed by atoms with E-state index >= 15 is 0 Å². The second-order valence-corrected chi connectivity index (χ2v) is 5.09. The van der Waals surface area contributed by atoms with Crippen LogP contribution in [0.5, 0.6) is 0 Å². The minimum absolute atomic E-state index is 1.05. The lowest BCUT2D eigenvalue weighted by molar-refractivity contribution is 0.337. The van der Waals surface area contributed by atoms with Crippen molar-refractivity contribution in [2.45, 2.75) is 13.3 Å². The van der Waals surface area contributed by atoms with E-state index in [9.17, 15) is 0 Å². The smallest absolute Gasteiger partial charge is 0.0955 e. The Hall–Kier alpha value is -1.39.